The normalized spacial score (nSPS) is 50.1. The number of ether oxygens (including phenoxy) is 2. The average Bonchev–Trinajstić information content (AvgIpc) is 2.97. The number of esters is 1. The first-order valence-electron chi connectivity index (χ1n) is 7.94. The molecule has 1 aliphatic heterocycles. The SMILES string of the molecule is C=C1[C@@]2(/C=C/C(=O)OCC)C[C@@H]3OC(O)[C@]24CCCC[C@@]134. The Kier molecular flexibility index (Phi) is 2.57. The van der Waals surface area contributed by atoms with Crippen LogP contribution in [0.25, 0.3) is 0 Å². The molecule has 114 valence electrons. The lowest BCUT2D eigenvalue weighted by Crippen LogP contribution is -2.65. The number of rotatable bonds is 3. The molecule has 4 heteroatoms. The van der Waals surface area contributed by atoms with E-state index in [4.69, 9.17) is 9.47 Å². The van der Waals surface area contributed by atoms with Gasteiger partial charge in [0.1, 0.15) is 0 Å². The Bertz CT molecular complexity index is 553. The first kappa shape index (κ1) is 13.5. The van der Waals surface area contributed by atoms with Crippen LogP contribution in [0.5, 0.6) is 0 Å². The van der Waals surface area contributed by atoms with E-state index < -0.39 is 6.29 Å². The van der Waals surface area contributed by atoms with Gasteiger partial charge in [-0.1, -0.05) is 31.1 Å². The van der Waals surface area contributed by atoms with E-state index in [9.17, 15) is 9.90 Å². The molecule has 1 unspecified atom stereocenters. The van der Waals surface area contributed by atoms with Crippen molar-refractivity contribution >= 4 is 5.97 Å². The van der Waals surface area contributed by atoms with E-state index in [-0.39, 0.29) is 28.3 Å². The standard InChI is InChI=1S/C17H22O4/c1-3-20-13(18)6-9-15-10-12-16(11(15)2)7-4-5-8-17(15,16)14(19)21-12/h6,9,12,14,19H,2-5,7-8,10H2,1H3/b9-6+/t12-,14?,15+,16+,17+/m0/s1. The minimum Gasteiger partial charge on any atom is -0.463 e. The second-order valence-corrected chi connectivity index (χ2v) is 6.87. The molecule has 1 spiro atoms. The number of carbonyl (C=O) groups is 1. The molecule has 1 saturated heterocycles. The van der Waals surface area contributed by atoms with E-state index in [0.717, 1.165) is 31.3 Å². The quantitative estimate of drug-likeness (QED) is 0.492. The Hall–Kier alpha value is -1.13. The van der Waals surface area contributed by atoms with E-state index in [2.05, 4.69) is 6.58 Å². The summed E-state index contributed by atoms with van der Waals surface area (Å²) in [5.41, 5.74) is 0.576. The topological polar surface area (TPSA) is 55.8 Å². The van der Waals surface area contributed by atoms with Crippen molar-refractivity contribution in [2.75, 3.05) is 6.61 Å². The van der Waals surface area contributed by atoms with Crippen molar-refractivity contribution in [2.45, 2.75) is 51.4 Å². The molecule has 0 amide bonds. The maximum Gasteiger partial charge on any atom is 0.330 e. The lowest BCUT2D eigenvalue weighted by atomic mass is 9.35. The third kappa shape index (κ3) is 1.17. The van der Waals surface area contributed by atoms with Crippen LogP contribution in [-0.4, -0.2) is 30.1 Å². The van der Waals surface area contributed by atoms with E-state index in [1.165, 1.54) is 12.5 Å². The van der Waals surface area contributed by atoms with Crippen LogP contribution in [-0.2, 0) is 14.3 Å². The van der Waals surface area contributed by atoms with E-state index in [1.54, 1.807) is 6.92 Å². The highest BCUT2D eigenvalue weighted by Gasteiger charge is 2.89. The lowest BCUT2D eigenvalue weighted by Gasteiger charge is -2.66. The minimum absolute atomic E-state index is 0.0519. The van der Waals surface area contributed by atoms with Gasteiger partial charge >= 0.3 is 5.97 Å². The fraction of sp³-hybridized carbons (Fsp3) is 0.706. The molecule has 4 saturated carbocycles. The Labute approximate surface area is 124 Å². The fourth-order valence-electron chi connectivity index (χ4n) is 6.03. The fourth-order valence-corrected chi connectivity index (χ4v) is 6.03. The first-order chi connectivity index (χ1) is 10.0. The van der Waals surface area contributed by atoms with E-state index >= 15 is 0 Å². The first-order valence-corrected chi connectivity index (χ1v) is 7.94. The van der Waals surface area contributed by atoms with Crippen LogP contribution in [0, 0.1) is 16.2 Å². The molecular weight excluding hydrogens is 268 g/mol. The number of hydrogen-bond acceptors (Lipinski definition) is 4. The third-order valence-corrected chi connectivity index (χ3v) is 6.62. The maximum absolute atomic E-state index is 11.7. The van der Waals surface area contributed by atoms with E-state index in [0.29, 0.717) is 6.61 Å². The summed E-state index contributed by atoms with van der Waals surface area (Å²) in [5.74, 6) is -0.317. The van der Waals surface area contributed by atoms with Gasteiger partial charge in [0.15, 0.2) is 6.29 Å². The minimum atomic E-state index is -0.728. The Morgan fingerprint density at radius 2 is 2.29 bits per heavy atom. The van der Waals surface area contributed by atoms with Crippen molar-refractivity contribution in [3.05, 3.63) is 24.3 Å². The molecule has 0 aromatic carbocycles. The molecule has 0 radical (unpaired) electrons. The highest BCUT2D eigenvalue weighted by molar-refractivity contribution is 5.82. The molecule has 5 fully saturated rings. The lowest BCUT2D eigenvalue weighted by molar-refractivity contribution is -0.219. The van der Waals surface area contributed by atoms with Crippen molar-refractivity contribution in [3.63, 3.8) is 0 Å². The van der Waals surface area contributed by atoms with Gasteiger partial charge in [-0.15, -0.1) is 0 Å². The average molecular weight is 290 g/mol. The molecule has 1 N–H and O–H groups in total. The molecule has 4 bridgehead atoms. The predicted octanol–water partition coefficient (Wildman–Crippen LogP) is 2.33. The Balaban J connectivity index is 1.74. The molecule has 0 aromatic rings. The van der Waals surface area contributed by atoms with E-state index in [1.807, 2.05) is 6.08 Å². The number of hydrogen-bond donors (Lipinski definition) is 1. The summed E-state index contributed by atoms with van der Waals surface area (Å²) < 4.78 is 10.8. The van der Waals surface area contributed by atoms with Gasteiger partial charge in [-0.25, -0.2) is 4.79 Å². The summed E-state index contributed by atoms with van der Waals surface area (Å²) in [6.07, 6.45) is 7.94. The number of carbonyl (C=O) groups excluding carboxylic acids is 1. The van der Waals surface area contributed by atoms with Crippen LogP contribution in [0.2, 0.25) is 0 Å². The second kappa shape index (κ2) is 3.99. The smallest absolute Gasteiger partial charge is 0.330 e. The maximum atomic E-state index is 11.7. The van der Waals surface area contributed by atoms with Crippen LogP contribution in [0.15, 0.2) is 24.3 Å². The van der Waals surface area contributed by atoms with Gasteiger partial charge in [-0.05, 0) is 26.2 Å². The van der Waals surface area contributed by atoms with Crippen LogP contribution in [0.4, 0.5) is 0 Å². The predicted molar refractivity (Wildman–Crippen MR) is 76.2 cm³/mol. The highest BCUT2D eigenvalue weighted by atomic mass is 16.6. The Morgan fingerprint density at radius 1 is 1.52 bits per heavy atom. The van der Waals surface area contributed by atoms with Crippen LogP contribution < -0.4 is 0 Å². The van der Waals surface area contributed by atoms with Crippen LogP contribution >= 0.6 is 0 Å². The highest BCUT2D eigenvalue weighted by Crippen LogP contribution is 2.89. The van der Waals surface area contributed by atoms with Gasteiger partial charge in [0.2, 0.25) is 0 Å². The largest absolute Gasteiger partial charge is 0.463 e. The summed E-state index contributed by atoms with van der Waals surface area (Å²) in [7, 11) is 0. The number of aliphatic hydroxyl groups is 1. The van der Waals surface area contributed by atoms with Crippen molar-refractivity contribution in [2.24, 2.45) is 16.2 Å². The van der Waals surface area contributed by atoms with Crippen LogP contribution in [0.1, 0.15) is 39.0 Å². The van der Waals surface area contributed by atoms with Gasteiger partial charge in [-0.3, -0.25) is 0 Å². The summed E-state index contributed by atoms with van der Waals surface area (Å²) in [5, 5.41) is 10.5. The Morgan fingerprint density at radius 3 is 3.05 bits per heavy atom. The molecule has 5 atom stereocenters. The van der Waals surface area contributed by atoms with Gasteiger partial charge in [0, 0.05) is 22.3 Å². The summed E-state index contributed by atoms with van der Waals surface area (Å²) in [6.45, 7) is 6.51. The molecular formula is C17H22O4. The molecule has 4 nitrogen and oxygen atoms in total. The molecule has 4 aliphatic carbocycles. The zero-order chi connectivity index (χ0) is 14.9. The number of aliphatic hydroxyl groups excluding tert-OH is 1. The molecule has 1 heterocycles. The van der Waals surface area contributed by atoms with Crippen molar-refractivity contribution < 1.29 is 19.4 Å². The van der Waals surface area contributed by atoms with Crippen molar-refractivity contribution in [3.8, 4) is 0 Å². The van der Waals surface area contributed by atoms with Crippen molar-refractivity contribution in [1.29, 1.82) is 0 Å². The monoisotopic (exact) mass is 290 g/mol. The summed E-state index contributed by atoms with van der Waals surface area (Å²) in [6, 6.07) is 0. The zero-order valence-corrected chi connectivity index (χ0v) is 12.4. The molecule has 0 aromatic heterocycles. The molecule has 5 aliphatic rings. The summed E-state index contributed by atoms with van der Waals surface area (Å²) >= 11 is 0. The third-order valence-electron chi connectivity index (χ3n) is 6.62. The molecule has 21 heavy (non-hydrogen) atoms. The van der Waals surface area contributed by atoms with Crippen LogP contribution in [0.3, 0.4) is 0 Å². The van der Waals surface area contributed by atoms with Gasteiger partial charge in [-0.2, -0.15) is 0 Å². The zero-order valence-electron chi connectivity index (χ0n) is 12.4. The molecule has 5 rings (SSSR count). The van der Waals surface area contributed by atoms with Gasteiger partial charge in [0.05, 0.1) is 12.7 Å². The van der Waals surface area contributed by atoms with Crippen molar-refractivity contribution in [1.82, 2.24) is 0 Å². The second-order valence-electron chi connectivity index (χ2n) is 6.87. The summed E-state index contributed by atoms with van der Waals surface area (Å²) in [4.78, 5) is 11.7. The number of allylic oxidation sites excluding steroid dienone is 1. The van der Waals surface area contributed by atoms with Gasteiger partial charge in [0.25, 0.3) is 0 Å². The van der Waals surface area contributed by atoms with Gasteiger partial charge < -0.3 is 14.6 Å².